The van der Waals surface area contributed by atoms with Gasteiger partial charge in [-0.1, -0.05) is 66.4 Å². The van der Waals surface area contributed by atoms with E-state index < -0.39 is 18.0 Å². The number of aliphatic hydroxyl groups is 2. The maximum absolute atomic E-state index is 12.0. The van der Waals surface area contributed by atoms with Crippen molar-refractivity contribution in [3.05, 3.63) is 120 Å². The van der Waals surface area contributed by atoms with E-state index in [0.29, 0.717) is 41.1 Å². The van der Waals surface area contributed by atoms with Gasteiger partial charge in [0.15, 0.2) is 0 Å². The Hall–Kier alpha value is -5.50. The third kappa shape index (κ3) is 12.8. The van der Waals surface area contributed by atoms with E-state index in [1.54, 1.807) is 0 Å². The van der Waals surface area contributed by atoms with Crippen molar-refractivity contribution in [1.82, 2.24) is 20.6 Å². The van der Waals surface area contributed by atoms with Crippen LogP contribution in [0.25, 0.3) is 18.2 Å². The van der Waals surface area contributed by atoms with Crippen molar-refractivity contribution < 1.29 is 30.0 Å². The van der Waals surface area contributed by atoms with Gasteiger partial charge in [0, 0.05) is 80.9 Å². The van der Waals surface area contributed by atoms with E-state index in [1.165, 1.54) is 22.3 Å². The Morgan fingerprint density at radius 1 is 0.781 bits per heavy atom. The molecule has 8 bridgehead atoms. The highest BCUT2D eigenvalue weighted by atomic mass is 16.4. The van der Waals surface area contributed by atoms with E-state index >= 15 is 0 Å². The molecule has 0 aliphatic carbocycles. The molecule has 5 heterocycles. The second-order valence-electron chi connectivity index (χ2n) is 18.5. The molecule has 3 aliphatic heterocycles. The number of aliphatic hydroxyl groups excluding tert-OH is 2. The molecule has 0 radical (unpaired) electrons. The van der Waals surface area contributed by atoms with Gasteiger partial charge in [-0.25, -0.2) is 0 Å². The number of nitrogens with one attached hydrogen (secondary N) is 4. The van der Waals surface area contributed by atoms with Gasteiger partial charge in [-0.2, -0.15) is 0 Å². The van der Waals surface area contributed by atoms with E-state index in [4.69, 9.17) is 6.42 Å². The lowest BCUT2D eigenvalue weighted by Crippen LogP contribution is -2.29. The molecule has 64 heavy (non-hydrogen) atoms. The molecule has 2 aromatic heterocycles. The molecule has 344 valence electrons. The van der Waals surface area contributed by atoms with Gasteiger partial charge >= 0.3 is 11.9 Å². The molecule has 10 nitrogen and oxygen atoms in total. The zero-order valence-corrected chi connectivity index (χ0v) is 39.4. The van der Waals surface area contributed by atoms with Crippen LogP contribution in [0.3, 0.4) is 0 Å². The lowest BCUT2D eigenvalue weighted by molar-refractivity contribution is -0.138. The minimum atomic E-state index is -0.949. The molecule has 0 saturated carbocycles. The summed E-state index contributed by atoms with van der Waals surface area (Å²) in [5.74, 6) is 0.819. The third-order valence-corrected chi connectivity index (χ3v) is 13.3. The zero-order valence-electron chi connectivity index (χ0n) is 39.4. The van der Waals surface area contributed by atoms with Crippen molar-refractivity contribution in [2.24, 2.45) is 17.8 Å². The second-order valence-corrected chi connectivity index (χ2v) is 18.5. The summed E-state index contributed by atoms with van der Waals surface area (Å²) < 4.78 is 0. The predicted octanol–water partition coefficient (Wildman–Crippen LogP) is 9.18. The monoisotopic (exact) mass is 873 g/mol. The molecule has 1 unspecified atom stereocenters. The van der Waals surface area contributed by atoms with Gasteiger partial charge in [-0.05, 0) is 147 Å². The second kappa shape index (κ2) is 22.9. The molecule has 5 rings (SSSR count). The average Bonchev–Trinajstić information content (AvgIpc) is 3.91. The van der Waals surface area contributed by atoms with E-state index in [0.717, 1.165) is 83.7 Å². The number of carboxylic acid groups (broad SMARTS) is 2. The maximum atomic E-state index is 12.0. The standard InChI is InChI=1S/C54H72N4O6/c1-10-39-36(7)44-29-50-54(51(60)22-14-21-35(6)20-13-19-34(5)18-12-17-33(4)16-11-15-32(2)3)38(9)45(57-50)28-49-42(31-59)41(24-26-53(63)64)48(58-49)30-47-40(23-25-52(61)62)37(8)43(56-47)27-46(39)55-44/h1,15,17,19,21,27-30,36-37,40,47,51,55-60H,11-14,16,18,20,22-26,31H2,2-9H3,(H,61,62)(H,63,64)/b33-17+,34-19+,35-21+,43-27-,44-29-,48-30-,49-28-/t36-,37-,40+,47?,51+/m1/s1. The third-order valence-electron chi connectivity index (χ3n) is 13.3. The first-order valence-electron chi connectivity index (χ1n) is 23.2. The Balaban J connectivity index is 1.46. The number of rotatable bonds is 20. The highest BCUT2D eigenvalue weighted by molar-refractivity contribution is 5.68. The zero-order chi connectivity index (χ0) is 46.7. The van der Waals surface area contributed by atoms with Gasteiger partial charge in [0.1, 0.15) is 0 Å². The number of H-pyrrole nitrogens is 2. The molecule has 1 saturated heterocycles. The summed E-state index contributed by atoms with van der Waals surface area (Å²) in [7, 11) is 0. The van der Waals surface area contributed by atoms with Crippen LogP contribution in [0.5, 0.6) is 0 Å². The van der Waals surface area contributed by atoms with E-state index in [2.05, 4.69) is 99.3 Å². The highest BCUT2D eigenvalue weighted by Crippen LogP contribution is 2.38. The number of fused-ring (bicyclic) bond motifs is 8. The smallest absolute Gasteiger partial charge is 0.303 e. The normalized spacial score (nSPS) is 23.0. The summed E-state index contributed by atoms with van der Waals surface area (Å²) >= 11 is 0. The van der Waals surface area contributed by atoms with Crippen LogP contribution in [0, 0.1) is 37.0 Å². The molecule has 3 aliphatic rings. The molecule has 10 heteroatoms. The lowest BCUT2D eigenvalue weighted by Gasteiger charge is -2.18. The number of hydrogen-bond donors (Lipinski definition) is 8. The van der Waals surface area contributed by atoms with Crippen molar-refractivity contribution in [2.75, 3.05) is 0 Å². The van der Waals surface area contributed by atoms with E-state index in [-0.39, 0.29) is 49.7 Å². The van der Waals surface area contributed by atoms with Gasteiger partial charge in [0.2, 0.25) is 0 Å². The Morgan fingerprint density at radius 3 is 2.00 bits per heavy atom. The summed E-state index contributed by atoms with van der Waals surface area (Å²) in [4.78, 5) is 30.7. The van der Waals surface area contributed by atoms with E-state index in [9.17, 15) is 30.0 Å². The predicted molar refractivity (Wildman–Crippen MR) is 259 cm³/mol. The van der Waals surface area contributed by atoms with Crippen molar-refractivity contribution in [3.8, 4) is 12.3 Å². The van der Waals surface area contributed by atoms with Gasteiger partial charge in [0.05, 0.1) is 18.4 Å². The van der Waals surface area contributed by atoms with Crippen molar-refractivity contribution in [2.45, 2.75) is 151 Å². The van der Waals surface area contributed by atoms with Crippen LogP contribution in [0.4, 0.5) is 0 Å². The van der Waals surface area contributed by atoms with Crippen LogP contribution < -0.4 is 21.3 Å². The Kier molecular flexibility index (Phi) is 17.7. The molecule has 5 atom stereocenters. The SMILES string of the molecule is C#CC1=C2/C=C3\NC(/C=c4\[nH]/c(c(CO)c4CCC(=O)O)=C\c4[nH]c(c([C@@H](O)CC/C=C(\C)CC/C=C(\C)CC/C=C(\C)CCC=C(C)C)c4C)/C=C(\N2)[C@@H]1C)[C@@H](CCC(=O)O)[C@H]3C. The van der Waals surface area contributed by atoms with Crippen LogP contribution in [-0.4, -0.2) is 48.4 Å². The fourth-order valence-corrected chi connectivity index (χ4v) is 9.41. The Labute approximate surface area is 380 Å². The van der Waals surface area contributed by atoms with Gasteiger partial charge in [-0.15, -0.1) is 6.42 Å². The lowest BCUT2D eigenvalue weighted by atomic mass is 9.86. The number of aromatic nitrogens is 2. The summed E-state index contributed by atoms with van der Waals surface area (Å²) in [6.07, 6.45) is 30.7. The van der Waals surface area contributed by atoms with Crippen molar-refractivity contribution >= 4 is 30.2 Å². The summed E-state index contributed by atoms with van der Waals surface area (Å²) in [5.41, 5.74) is 13.3. The number of hydrogen-bond acceptors (Lipinski definition) is 6. The first-order chi connectivity index (χ1) is 30.5. The number of carboxylic acids is 2. The maximum Gasteiger partial charge on any atom is 0.303 e. The van der Waals surface area contributed by atoms with Gasteiger partial charge < -0.3 is 41.0 Å². The molecular formula is C54H72N4O6. The molecule has 0 aromatic carbocycles. The number of aromatic amines is 2. The fraction of sp³-hybridized carbons (Fsp3) is 0.481. The topological polar surface area (TPSA) is 171 Å². The Bertz CT molecular complexity index is 2440. The molecular weight excluding hydrogens is 801 g/mol. The van der Waals surface area contributed by atoms with Gasteiger partial charge in [-0.3, -0.25) is 9.59 Å². The number of aliphatic carboxylic acids is 2. The average molecular weight is 873 g/mol. The van der Waals surface area contributed by atoms with E-state index in [1.807, 2.05) is 31.2 Å². The summed E-state index contributed by atoms with van der Waals surface area (Å²) in [6.45, 7) is 16.7. The van der Waals surface area contributed by atoms with Crippen LogP contribution in [0.1, 0.15) is 159 Å². The van der Waals surface area contributed by atoms with Crippen LogP contribution >= 0.6 is 0 Å². The number of allylic oxidation sites excluding steroid dienone is 11. The summed E-state index contributed by atoms with van der Waals surface area (Å²) in [6, 6.07) is -0.290. The minimum Gasteiger partial charge on any atom is -0.481 e. The van der Waals surface area contributed by atoms with Crippen LogP contribution in [0.15, 0.2) is 75.3 Å². The number of carbonyl (C=O) groups is 2. The molecule has 2 aromatic rings. The number of terminal acetylenes is 1. The highest BCUT2D eigenvalue weighted by Gasteiger charge is 2.37. The quantitative estimate of drug-likeness (QED) is 0.0481. The van der Waals surface area contributed by atoms with Crippen LogP contribution in [0.2, 0.25) is 0 Å². The first-order valence-corrected chi connectivity index (χ1v) is 23.2. The van der Waals surface area contributed by atoms with Crippen LogP contribution in [-0.2, 0) is 22.6 Å². The first kappa shape index (κ1) is 49.5. The summed E-state index contributed by atoms with van der Waals surface area (Å²) in [5, 5.41) is 50.7. The molecule has 8 N–H and O–H groups in total. The molecule has 1 fully saturated rings. The minimum absolute atomic E-state index is 0.00193. The molecule has 0 amide bonds. The Morgan fingerprint density at radius 2 is 1.41 bits per heavy atom. The van der Waals surface area contributed by atoms with Gasteiger partial charge in [0.25, 0.3) is 0 Å². The largest absolute Gasteiger partial charge is 0.481 e. The molecule has 0 spiro atoms. The fourth-order valence-electron chi connectivity index (χ4n) is 9.41. The van der Waals surface area contributed by atoms with Crippen molar-refractivity contribution in [1.29, 1.82) is 0 Å². The van der Waals surface area contributed by atoms with Crippen molar-refractivity contribution in [3.63, 3.8) is 0 Å².